The van der Waals surface area contributed by atoms with Crippen molar-refractivity contribution in [2.75, 3.05) is 6.61 Å². The van der Waals surface area contributed by atoms with Crippen molar-refractivity contribution in [2.24, 2.45) is 5.92 Å². The second-order valence-electron chi connectivity index (χ2n) is 6.39. The molecule has 0 amide bonds. The van der Waals surface area contributed by atoms with E-state index in [1.54, 1.807) is 12.1 Å². The van der Waals surface area contributed by atoms with Gasteiger partial charge in [0.15, 0.2) is 12.4 Å². The van der Waals surface area contributed by atoms with Crippen LogP contribution in [0.15, 0.2) is 11.6 Å². The van der Waals surface area contributed by atoms with Crippen molar-refractivity contribution in [2.45, 2.75) is 39.7 Å². The molecule has 26 heavy (non-hydrogen) atoms. The van der Waals surface area contributed by atoms with Crippen LogP contribution in [-0.2, 0) is 14.3 Å². The number of aryl methyl sites for hydroxylation is 1. The van der Waals surface area contributed by atoms with Crippen molar-refractivity contribution in [3.63, 3.8) is 0 Å². The Balaban J connectivity index is 2.12. The summed E-state index contributed by atoms with van der Waals surface area (Å²) in [5, 5.41) is 25.5. The van der Waals surface area contributed by atoms with Crippen molar-refractivity contribution in [3.8, 4) is 12.1 Å². The lowest BCUT2D eigenvalue weighted by atomic mass is 10.0. The Labute approximate surface area is 152 Å². The first-order chi connectivity index (χ1) is 12.3. The third-order valence-corrected chi connectivity index (χ3v) is 4.31. The van der Waals surface area contributed by atoms with E-state index in [0.717, 1.165) is 29.8 Å². The van der Waals surface area contributed by atoms with Gasteiger partial charge in [0.1, 0.15) is 17.6 Å². The predicted molar refractivity (Wildman–Crippen MR) is 94.2 cm³/mol. The van der Waals surface area contributed by atoms with Crippen molar-refractivity contribution < 1.29 is 14.3 Å². The molecule has 2 rings (SSSR count). The summed E-state index contributed by atoms with van der Waals surface area (Å²) in [6, 6.07) is 5.89. The zero-order chi connectivity index (χ0) is 19.4. The van der Waals surface area contributed by atoms with Gasteiger partial charge in [-0.15, -0.1) is 0 Å². The molecule has 1 N–H and O–H groups in total. The standard InChI is InChI=1S/C19H20N4O3/c1-11-6-14(13(3)23(11)16-4-5-16)7-15(8-20)19(25)26-10-18(24)17(9-21)12(2)22/h6-7,16-17,22H,4-5,10H2,1-3H3/b15-7+,22-12?/t17-/m0/s1. The molecule has 1 fully saturated rings. The van der Waals surface area contributed by atoms with Crippen LogP contribution in [0.3, 0.4) is 0 Å². The Morgan fingerprint density at radius 3 is 2.58 bits per heavy atom. The van der Waals surface area contributed by atoms with E-state index in [9.17, 15) is 14.9 Å². The molecule has 1 aromatic heterocycles. The third kappa shape index (κ3) is 4.07. The van der Waals surface area contributed by atoms with Crippen LogP contribution in [0.2, 0.25) is 0 Å². The van der Waals surface area contributed by atoms with E-state index in [0.29, 0.717) is 6.04 Å². The van der Waals surface area contributed by atoms with E-state index < -0.39 is 24.3 Å². The van der Waals surface area contributed by atoms with Crippen LogP contribution in [0.4, 0.5) is 0 Å². The van der Waals surface area contributed by atoms with Crippen LogP contribution >= 0.6 is 0 Å². The average Bonchev–Trinajstić information content (AvgIpc) is 3.37. The van der Waals surface area contributed by atoms with E-state index in [2.05, 4.69) is 4.57 Å². The Morgan fingerprint density at radius 1 is 1.42 bits per heavy atom. The van der Waals surface area contributed by atoms with E-state index in [1.165, 1.54) is 13.0 Å². The van der Waals surface area contributed by atoms with Gasteiger partial charge in [-0.25, -0.2) is 4.79 Å². The fourth-order valence-corrected chi connectivity index (χ4v) is 2.84. The molecular weight excluding hydrogens is 332 g/mol. The quantitative estimate of drug-likeness (QED) is 0.350. The number of esters is 1. The molecule has 1 aliphatic carbocycles. The highest BCUT2D eigenvalue weighted by molar-refractivity contribution is 6.06. The van der Waals surface area contributed by atoms with E-state index in [-0.39, 0.29) is 11.3 Å². The average molecular weight is 352 g/mol. The Bertz CT molecular complexity index is 876. The minimum Gasteiger partial charge on any atom is -0.453 e. The van der Waals surface area contributed by atoms with Gasteiger partial charge in [0.25, 0.3) is 0 Å². The van der Waals surface area contributed by atoms with Crippen molar-refractivity contribution in [3.05, 3.63) is 28.6 Å². The number of hydrogen-bond acceptors (Lipinski definition) is 6. The lowest BCUT2D eigenvalue weighted by Crippen LogP contribution is -2.25. The molecule has 1 aliphatic rings. The van der Waals surface area contributed by atoms with E-state index in [1.807, 2.05) is 19.9 Å². The molecule has 7 heteroatoms. The third-order valence-electron chi connectivity index (χ3n) is 4.31. The Morgan fingerprint density at radius 2 is 2.08 bits per heavy atom. The van der Waals surface area contributed by atoms with Gasteiger partial charge in [-0.1, -0.05) is 0 Å². The number of nitrogens with one attached hydrogen (secondary N) is 1. The topological polar surface area (TPSA) is 120 Å². The van der Waals surface area contributed by atoms with Gasteiger partial charge >= 0.3 is 5.97 Å². The van der Waals surface area contributed by atoms with Crippen molar-refractivity contribution in [1.82, 2.24) is 4.57 Å². The fourth-order valence-electron chi connectivity index (χ4n) is 2.84. The number of rotatable bonds is 7. The monoisotopic (exact) mass is 352 g/mol. The smallest absolute Gasteiger partial charge is 0.349 e. The Hall–Kier alpha value is -3.19. The molecule has 1 aromatic rings. The maximum atomic E-state index is 12.1. The number of hydrogen-bond donors (Lipinski definition) is 1. The lowest BCUT2D eigenvalue weighted by Gasteiger charge is -2.08. The van der Waals surface area contributed by atoms with Crippen LogP contribution in [-0.4, -0.2) is 28.6 Å². The van der Waals surface area contributed by atoms with Crippen LogP contribution in [0.25, 0.3) is 6.08 Å². The molecule has 1 saturated carbocycles. The highest BCUT2D eigenvalue weighted by Gasteiger charge is 2.27. The maximum Gasteiger partial charge on any atom is 0.349 e. The zero-order valence-corrected chi connectivity index (χ0v) is 15.0. The number of nitrogens with zero attached hydrogens (tertiary/aromatic N) is 3. The van der Waals surface area contributed by atoms with Crippen LogP contribution < -0.4 is 0 Å². The number of ketones is 1. The van der Waals surface area contributed by atoms with Crippen LogP contribution in [0.1, 0.15) is 42.8 Å². The maximum absolute atomic E-state index is 12.1. The van der Waals surface area contributed by atoms with Gasteiger partial charge in [-0.3, -0.25) is 4.79 Å². The summed E-state index contributed by atoms with van der Waals surface area (Å²) in [5.74, 6) is -2.84. The van der Waals surface area contributed by atoms with Crippen LogP contribution in [0.5, 0.6) is 0 Å². The summed E-state index contributed by atoms with van der Waals surface area (Å²) in [7, 11) is 0. The largest absolute Gasteiger partial charge is 0.453 e. The molecule has 0 aromatic carbocycles. The highest BCUT2D eigenvalue weighted by atomic mass is 16.5. The van der Waals surface area contributed by atoms with Crippen molar-refractivity contribution >= 4 is 23.5 Å². The number of carbonyl (C=O) groups is 2. The van der Waals surface area contributed by atoms with Gasteiger partial charge < -0.3 is 14.7 Å². The summed E-state index contributed by atoms with van der Waals surface area (Å²) in [6.45, 7) is 4.61. The molecule has 0 bridgehead atoms. The van der Waals surface area contributed by atoms with Crippen LogP contribution in [0, 0.1) is 47.8 Å². The normalized spacial score (nSPS) is 14.9. The number of Topliss-reactive ketones (excluding diaryl/α,β-unsaturated/α-hetero) is 1. The van der Waals surface area contributed by atoms with Gasteiger partial charge in [0.2, 0.25) is 0 Å². The van der Waals surface area contributed by atoms with Gasteiger partial charge in [-0.05, 0) is 51.3 Å². The number of nitriles is 2. The lowest BCUT2D eigenvalue weighted by molar-refractivity contribution is -0.143. The summed E-state index contributed by atoms with van der Waals surface area (Å²) >= 11 is 0. The molecule has 1 atom stereocenters. The van der Waals surface area contributed by atoms with E-state index >= 15 is 0 Å². The first-order valence-corrected chi connectivity index (χ1v) is 8.24. The number of aromatic nitrogens is 1. The molecule has 0 saturated heterocycles. The molecule has 0 aliphatic heterocycles. The number of ether oxygens (including phenoxy) is 1. The molecule has 0 unspecified atom stereocenters. The highest BCUT2D eigenvalue weighted by Crippen LogP contribution is 2.38. The first kappa shape index (κ1) is 19.1. The molecule has 7 nitrogen and oxygen atoms in total. The second-order valence-corrected chi connectivity index (χ2v) is 6.39. The molecule has 1 heterocycles. The minimum absolute atomic E-state index is 0.114. The summed E-state index contributed by atoms with van der Waals surface area (Å²) in [4.78, 5) is 23.9. The minimum atomic E-state index is -1.24. The molecule has 0 radical (unpaired) electrons. The second kappa shape index (κ2) is 7.79. The number of carbonyl (C=O) groups excluding carboxylic acids is 2. The SMILES string of the molecule is CC(=N)[C@H](C#N)C(=O)COC(=O)/C(C#N)=C/c1cc(C)n(C2CC2)c1C. The summed E-state index contributed by atoms with van der Waals surface area (Å²) in [6.07, 6.45) is 3.71. The Kier molecular flexibility index (Phi) is 5.74. The summed E-state index contributed by atoms with van der Waals surface area (Å²) in [5.41, 5.74) is 2.48. The first-order valence-electron chi connectivity index (χ1n) is 8.24. The molecule has 134 valence electrons. The fraction of sp³-hybridized carbons (Fsp3) is 0.421. The van der Waals surface area contributed by atoms with Gasteiger partial charge in [0, 0.05) is 23.1 Å². The van der Waals surface area contributed by atoms with E-state index in [4.69, 9.17) is 15.4 Å². The van der Waals surface area contributed by atoms with Gasteiger partial charge in [0.05, 0.1) is 6.07 Å². The van der Waals surface area contributed by atoms with Crippen molar-refractivity contribution in [1.29, 1.82) is 15.9 Å². The van der Waals surface area contributed by atoms with Gasteiger partial charge in [-0.2, -0.15) is 10.5 Å². The summed E-state index contributed by atoms with van der Waals surface area (Å²) < 4.78 is 7.06. The predicted octanol–water partition coefficient (Wildman–Crippen LogP) is 2.64. The molecule has 0 spiro atoms. The zero-order valence-electron chi connectivity index (χ0n) is 15.0. The molecular formula is C19H20N4O3.